The molecule has 3 fully saturated rings. The molecule has 3 heterocycles. The maximum atomic E-state index is 2.79. The Labute approximate surface area is 163 Å². The zero-order chi connectivity index (χ0) is 19.0. The van der Waals surface area contributed by atoms with Gasteiger partial charge in [-0.2, -0.15) is 0 Å². The monoisotopic (exact) mass is 363 g/mol. The first-order chi connectivity index (χ1) is 12.1. The number of likely N-dealkylation sites (tertiary alicyclic amines) is 3. The molecule has 1 spiro atoms. The number of rotatable bonds is 5. The molecule has 0 radical (unpaired) electrons. The summed E-state index contributed by atoms with van der Waals surface area (Å²) < 4.78 is 0. The predicted molar refractivity (Wildman–Crippen MR) is 113 cm³/mol. The van der Waals surface area contributed by atoms with Crippen LogP contribution in [0, 0.1) is 11.3 Å². The van der Waals surface area contributed by atoms with E-state index in [0.29, 0.717) is 16.5 Å². The van der Waals surface area contributed by atoms with E-state index in [0.717, 1.165) is 5.92 Å². The lowest BCUT2D eigenvalue weighted by atomic mass is 9.70. The minimum atomic E-state index is 0.363. The molecule has 26 heavy (non-hydrogen) atoms. The molecule has 0 atom stereocenters. The summed E-state index contributed by atoms with van der Waals surface area (Å²) in [4.78, 5) is 8.23. The largest absolute Gasteiger partial charge is 0.303 e. The van der Waals surface area contributed by atoms with Crippen molar-refractivity contribution < 1.29 is 0 Å². The van der Waals surface area contributed by atoms with Gasteiger partial charge >= 0.3 is 0 Å². The zero-order valence-corrected chi connectivity index (χ0v) is 18.6. The number of piperidine rings is 2. The summed E-state index contributed by atoms with van der Waals surface area (Å²) in [5.41, 5.74) is 1.43. The zero-order valence-electron chi connectivity index (χ0n) is 18.6. The maximum Gasteiger partial charge on any atom is 0.0153 e. The Morgan fingerprint density at radius 3 is 1.92 bits per heavy atom. The summed E-state index contributed by atoms with van der Waals surface area (Å²) in [5, 5.41) is 0. The molecule has 0 saturated carbocycles. The highest BCUT2D eigenvalue weighted by Crippen LogP contribution is 2.43. The first-order valence-corrected chi connectivity index (χ1v) is 11.4. The molecule has 152 valence electrons. The molecule has 0 aromatic heterocycles. The summed E-state index contributed by atoms with van der Waals surface area (Å²) in [5.74, 6) is 0.935. The second-order valence-corrected chi connectivity index (χ2v) is 11.3. The van der Waals surface area contributed by atoms with Crippen molar-refractivity contribution in [2.75, 3.05) is 45.8 Å². The van der Waals surface area contributed by atoms with Crippen molar-refractivity contribution in [2.45, 2.75) is 91.1 Å². The van der Waals surface area contributed by atoms with Crippen LogP contribution in [0.3, 0.4) is 0 Å². The first kappa shape index (κ1) is 20.6. The first-order valence-electron chi connectivity index (χ1n) is 11.4. The van der Waals surface area contributed by atoms with Crippen LogP contribution in [0.1, 0.15) is 80.1 Å². The van der Waals surface area contributed by atoms with Gasteiger partial charge in [0.2, 0.25) is 0 Å². The summed E-state index contributed by atoms with van der Waals surface area (Å²) in [6, 6.07) is 0. The van der Waals surface area contributed by atoms with Crippen molar-refractivity contribution in [1.29, 1.82) is 0 Å². The lowest BCUT2D eigenvalue weighted by molar-refractivity contribution is -0.0918. The van der Waals surface area contributed by atoms with Gasteiger partial charge in [0.25, 0.3) is 0 Å². The van der Waals surface area contributed by atoms with Crippen LogP contribution in [0.2, 0.25) is 0 Å². The van der Waals surface area contributed by atoms with Crippen LogP contribution in [0.15, 0.2) is 0 Å². The molecule has 3 heteroatoms. The van der Waals surface area contributed by atoms with E-state index >= 15 is 0 Å². The molecule has 0 unspecified atom stereocenters. The van der Waals surface area contributed by atoms with Gasteiger partial charge in [-0.15, -0.1) is 0 Å². The summed E-state index contributed by atoms with van der Waals surface area (Å²) in [6.07, 6.45) is 8.32. The fraction of sp³-hybridized carbons (Fsp3) is 1.00. The van der Waals surface area contributed by atoms with Gasteiger partial charge in [0, 0.05) is 30.7 Å². The van der Waals surface area contributed by atoms with E-state index in [-0.39, 0.29) is 0 Å². The SMILES string of the molecule is CCCC(C)(C)N1CCC(CN2CCC3(CC2)CN(C(C)(C)C)C3)CC1. The third kappa shape index (κ3) is 4.64. The average molecular weight is 364 g/mol. The highest BCUT2D eigenvalue weighted by molar-refractivity contribution is 5.02. The van der Waals surface area contributed by atoms with E-state index in [1.165, 1.54) is 84.3 Å². The van der Waals surface area contributed by atoms with E-state index in [1.54, 1.807) is 0 Å². The third-order valence-corrected chi connectivity index (χ3v) is 7.77. The Hall–Kier alpha value is -0.120. The minimum Gasteiger partial charge on any atom is -0.303 e. The molecule has 0 aliphatic carbocycles. The lowest BCUT2D eigenvalue weighted by Crippen LogP contribution is -2.65. The van der Waals surface area contributed by atoms with Crippen LogP contribution in [0.25, 0.3) is 0 Å². The van der Waals surface area contributed by atoms with Gasteiger partial charge in [-0.05, 0) is 104 Å². The van der Waals surface area contributed by atoms with E-state index in [1.807, 2.05) is 0 Å². The Morgan fingerprint density at radius 1 is 0.846 bits per heavy atom. The number of nitrogens with zero attached hydrogens (tertiary/aromatic N) is 3. The second kappa shape index (κ2) is 7.72. The van der Waals surface area contributed by atoms with E-state index < -0.39 is 0 Å². The quantitative estimate of drug-likeness (QED) is 0.713. The number of hydrogen-bond acceptors (Lipinski definition) is 3. The van der Waals surface area contributed by atoms with E-state index in [9.17, 15) is 0 Å². The van der Waals surface area contributed by atoms with Crippen LogP contribution in [-0.4, -0.2) is 71.6 Å². The highest BCUT2D eigenvalue weighted by atomic mass is 15.3. The minimum absolute atomic E-state index is 0.363. The second-order valence-electron chi connectivity index (χ2n) is 11.3. The molecule has 3 aliphatic rings. The van der Waals surface area contributed by atoms with E-state index in [2.05, 4.69) is 56.2 Å². The predicted octanol–water partition coefficient (Wildman–Crippen LogP) is 4.47. The van der Waals surface area contributed by atoms with Crippen molar-refractivity contribution >= 4 is 0 Å². The molecule has 0 bridgehead atoms. The van der Waals surface area contributed by atoms with Gasteiger partial charge < -0.3 is 4.90 Å². The Kier molecular flexibility index (Phi) is 6.12. The number of hydrogen-bond donors (Lipinski definition) is 0. The summed E-state index contributed by atoms with van der Waals surface area (Å²) in [6.45, 7) is 23.7. The van der Waals surface area contributed by atoms with Crippen molar-refractivity contribution in [2.24, 2.45) is 11.3 Å². The fourth-order valence-electron chi connectivity index (χ4n) is 5.62. The van der Waals surface area contributed by atoms with Crippen molar-refractivity contribution in [1.82, 2.24) is 14.7 Å². The van der Waals surface area contributed by atoms with Crippen LogP contribution in [0.5, 0.6) is 0 Å². The van der Waals surface area contributed by atoms with Gasteiger partial charge in [-0.25, -0.2) is 0 Å². The van der Waals surface area contributed by atoms with Crippen LogP contribution in [-0.2, 0) is 0 Å². The Bertz CT molecular complexity index is 441. The standard InChI is InChI=1S/C23H45N3/c1-7-10-22(5,6)25-13-8-20(9-14-25)17-24-15-11-23(12-16-24)18-26(19-23)21(2,3)4/h20H,7-19H2,1-6H3. The van der Waals surface area contributed by atoms with Gasteiger partial charge in [0.05, 0.1) is 0 Å². The molecule has 0 aromatic carbocycles. The molecule has 0 amide bonds. The summed E-state index contributed by atoms with van der Waals surface area (Å²) >= 11 is 0. The average Bonchev–Trinajstić information content (AvgIpc) is 2.53. The molecular weight excluding hydrogens is 318 g/mol. The highest BCUT2D eigenvalue weighted by Gasteiger charge is 2.47. The molecule has 3 nitrogen and oxygen atoms in total. The molecular formula is C23H45N3. The smallest absolute Gasteiger partial charge is 0.0153 e. The maximum absolute atomic E-state index is 2.79. The Morgan fingerprint density at radius 2 is 1.42 bits per heavy atom. The topological polar surface area (TPSA) is 9.72 Å². The molecule has 0 N–H and O–H groups in total. The van der Waals surface area contributed by atoms with Crippen LogP contribution in [0.4, 0.5) is 0 Å². The van der Waals surface area contributed by atoms with Gasteiger partial charge in [0.1, 0.15) is 0 Å². The normalized spacial score (nSPS) is 27.0. The fourth-order valence-corrected chi connectivity index (χ4v) is 5.62. The summed E-state index contributed by atoms with van der Waals surface area (Å²) in [7, 11) is 0. The molecule has 3 rings (SSSR count). The van der Waals surface area contributed by atoms with Crippen molar-refractivity contribution in [3.63, 3.8) is 0 Å². The Balaban J connectivity index is 1.37. The third-order valence-electron chi connectivity index (χ3n) is 7.77. The lowest BCUT2D eigenvalue weighted by Gasteiger charge is -2.58. The van der Waals surface area contributed by atoms with E-state index in [4.69, 9.17) is 0 Å². The molecule has 3 aliphatic heterocycles. The molecule has 0 aromatic rings. The van der Waals surface area contributed by atoms with Crippen LogP contribution < -0.4 is 0 Å². The van der Waals surface area contributed by atoms with Crippen LogP contribution >= 0.6 is 0 Å². The van der Waals surface area contributed by atoms with Gasteiger partial charge in [-0.1, -0.05) is 13.3 Å². The molecule has 3 saturated heterocycles. The van der Waals surface area contributed by atoms with Gasteiger partial charge in [-0.3, -0.25) is 9.80 Å². The van der Waals surface area contributed by atoms with Crippen molar-refractivity contribution in [3.8, 4) is 0 Å². The van der Waals surface area contributed by atoms with Crippen molar-refractivity contribution in [3.05, 3.63) is 0 Å². The van der Waals surface area contributed by atoms with Gasteiger partial charge in [0.15, 0.2) is 0 Å².